The molecule has 22 heavy (non-hydrogen) atoms. The fourth-order valence-electron chi connectivity index (χ4n) is 2.28. The smallest absolute Gasteiger partial charge is 0.306 e. The van der Waals surface area contributed by atoms with Crippen molar-refractivity contribution >= 4 is 27.5 Å². The van der Waals surface area contributed by atoms with E-state index in [1.807, 2.05) is 38.1 Å². The highest BCUT2D eigenvalue weighted by Gasteiger charge is 2.12. The quantitative estimate of drug-likeness (QED) is 0.673. The van der Waals surface area contributed by atoms with Crippen molar-refractivity contribution in [1.82, 2.24) is 10.1 Å². The van der Waals surface area contributed by atoms with Crippen LogP contribution >= 0.6 is 11.3 Å². The van der Waals surface area contributed by atoms with Gasteiger partial charge in [0.1, 0.15) is 17.4 Å². The number of hydrogen-bond donors (Lipinski definition) is 0. The Morgan fingerprint density at radius 2 is 2.14 bits per heavy atom. The summed E-state index contributed by atoms with van der Waals surface area (Å²) in [6.07, 6.45) is 0.896. The van der Waals surface area contributed by atoms with Gasteiger partial charge in [-0.05, 0) is 32.4 Å². The highest BCUT2D eigenvalue weighted by Crippen LogP contribution is 2.22. The summed E-state index contributed by atoms with van der Waals surface area (Å²) in [5.74, 6) is 0.524. The largest absolute Gasteiger partial charge is 0.458 e. The van der Waals surface area contributed by atoms with Crippen LogP contribution in [-0.4, -0.2) is 16.1 Å². The summed E-state index contributed by atoms with van der Waals surface area (Å²) in [5.41, 5.74) is 2.75. The van der Waals surface area contributed by atoms with Crippen LogP contribution in [0.4, 0.5) is 0 Å². The minimum absolute atomic E-state index is 0.222. The molecule has 2 heterocycles. The Labute approximate surface area is 131 Å². The number of carbonyl (C=O) groups excluding carboxylic acids is 1. The predicted molar refractivity (Wildman–Crippen MR) is 83.7 cm³/mol. The summed E-state index contributed by atoms with van der Waals surface area (Å²) in [6.45, 7) is 3.94. The molecule has 0 radical (unpaired) electrons. The molecular formula is C16H16N2O3S. The zero-order chi connectivity index (χ0) is 15.5. The average Bonchev–Trinajstić information content (AvgIpc) is 3.07. The molecule has 3 aromatic rings. The number of esters is 1. The van der Waals surface area contributed by atoms with E-state index in [0.29, 0.717) is 12.8 Å². The third-order valence-corrected chi connectivity index (χ3v) is 4.47. The number of ether oxygens (including phenoxy) is 1. The van der Waals surface area contributed by atoms with Crippen LogP contribution in [-0.2, 0) is 22.6 Å². The number of thiazole rings is 1. The highest BCUT2D eigenvalue weighted by molar-refractivity contribution is 7.18. The van der Waals surface area contributed by atoms with Gasteiger partial charge < -0.3 is 9.26 Å². The molecule has 3 rings (SSSR count). The first-order valence-corrected chi connectivity index (χ1v) is 7.87. The van der Waals surface area contributed by atoms with E-state index in [1.54, 1.807) is 11.3 Å². The number of hydrogen-bond acceptors (Lipinski definition) is 6. The SMILES string of the molecule is Cc1noc(C)c1CCC(=O)OCc1nc2ccccc2s1. The lowest BCUT2D eigenvalue weighted by atomic mass is 10.1. The van der Waals surface area contributed by atoms with Gasteiger partial charge in [0.05, 0.1) is 15.9 Å². The van der Waals surface area contributed by atoms with Crippen molar-refractivity contribution in [3.63, 3.8) is 0 Å². The third-order valence-electron chi connectivity index (χ3n) is 3.46. The van der Waals surface area contributed by atoms with Gasteiger partial charge >= 0.3 is 5.97 Å². The fraction of sp³-hybridized carbons (Fsp3) is 0.312. The second kappa shape index (κ2) is 6.27. The first kappa shape index (κ1) is 14.7. The number of benzene rings is 1. The standard InChI is InChI=1S/C16H16N2O3S/c1-10-12(11(2)21-18-10)7-8-16(19)20-9-15-17-13-5-3-4-6-14(13)22-15/h3-6H,7-9H2,1-2H3. The Morgan fingerprint density at radius 3 is 2.86 bits per heavy atom. The molecule has 0 spiro atoms. The summed E-state index contributed by atoms with van der Waals surface area (Å²) < 4.78 is 11.5. The minimum Gasteiger partial charge on any atom is -0.458 e. The normalized spacial score (nSPS) is 11.0. The van der Waals surface area contributed by atoms with Gasteiger partial charge in [0.2, 0.25) is 0 Å². The first-order valence-electron chi connectivity index (χ1n) is 7.05. The maximum absolute atomic E-state index is 11.9. The van der Waals surface area contributed by atoms with Crippen LogP contribution in [0.3, 0.4) is 0 Å². The van der Waals surface area contributed by atoms with E-state index < -0.39 is 0 Å². The number of nitrogens with zero attached hydrogens (tertiary/aromatic N) is 2. The maximum Gasteiger partial charge on any atom is 0.306 e. The van der Waals surface area contributed by atoms with Gasteiger partial charge in [-0.1, -0.05) is 17.3 Å². The van der Waals surface area contributed by atoms with Gasteiger partial charge in [-0.25, -0.2) is 4.98 Å². The van der Waals surface area contributed by atoms with Crippen molar-refractivity contribution in [3.05, 3.63) is 46.3 Å². The monoisotopic (exact) mass is 316 g/mol. The summed E-state index contributed by atoms with van der Waals surface area (Å²) in [7, 11) is 0. The van der Waals surface area contributed by atoms with E-state index in [9.17, 15) is 4.79 Å². The summed E-state index contributed by atoms with van der Waals surface area (Å²) in [6, 6.07) is 7.88. The molecule has 0 saturated carbocycles. The fourth-order valence-corrected chi connectivity index (χ4v) is 3.16. The van der Waals surface area contributed by atoms with Crippen molar-refractivity contribution in [2.24, 2.45) is 0 Å². The van der Waals surface area contributed by atoms with E-state index in [-0.39, 0.29) is 12.6 Å². The maximum atomic E-state index is 11.9. The van der Waals surface area contributed by atoms with E-state index in [1.165, 1.54) is 0 Å². The number of fused-ring (bicyclic) bond motifs is 1. The van der Waals surface area contributed by atoms with Crippen LogP contribution < -0.4 is 0 Å². The van der Waals surface area contributed by atoms with Crippen LogP contribution in [0, 0.1) is 13.8 Å². The Balaban J connectivity index is 1.54. The topological polar surface area (TPSA) is 65.2 Å². The second-order valence-electron chi connectivity index (χ2n) is 5.04. The van der Waals surface area contributed by atoms with E-state index in [0.717, 1.165) is 32.2 Å². The molecule has 0 amide bonds. The molecule has 0 aliphatic heterocycles. The minimum atomic E-state index is -0.237. The third kappa shape index (κ3) is 3.17. The summed E-state index contributed by atoms with van der Waals surface area (Å²) in [5, 5.41) is 4.69. The molecule has 0 aliphatic rings. The van der Waals surface area contributed by atoms with Crippen LogP contribution in [0.5, 0.6) is 0 Å². The molecule has 0 saturated heterocycles. The molecule has 6 heteroatoms. The van der Waals surface area contributed by atoms with Crippen molar-refractivity contribution in [3.8, 4) is 0 Å². The second-order valence-corrected chi connectivity index (χ2v) is 6.15. The molecule has 5 nitrogen and oxygen atoms in total. The van der Waals surface area contributed by atoms with Gasteiger partial charge in [-0.3, -0.25) is 4.79 Å². The molecule has 0 aliphatic carbocycles. The molecule has 114 valence electrons. The summed E-state index contributed by atoms with van der Waals surface area (Å²) in [4.78, 5) is 16.3. The Bertz CT molecular complexity index is 754. The van der Waals surface area contributed by atoms with Crippen LogP contribution in [0.25, 0.3) is 10.2 Å². The first-order chi connectivity index (χ1) is 10.6. The lowest BCUT2D eigenvalue weighted by Gasteiger charge is -2.02. The number of para-hydroxylation sites is 1. The Hall–Kier alpha value is -2.21. The Morgan fingerprint density at radius 1 is 1.32 bits per heavy atom. The molecule has 1 aromatic carbocycles. The zero-order valence-electron chi connectivity index (χ0n) is 12.5. The van der Waals surface area contributed by atoms with Crippen LogP contribution in [0.2, 0.25) is 0 Å². The predicted octanol–water partition coefficient (Wildman–Crippen LogP) is 3.58. The number of rotatable bonds is 5. The molecule has 0 fully saturated rings. The van der Waals surface area contributed by atoms with Gasteiger partial charge in [0, 0.05) is 12.0 Å². The van der Waals surface area contributed by atoms with Gasteiger partial charge in [0.25, 0.3) is 0 Å². The van der Waals surface area contributed by atoms with E-state index in [2.05, 4.69) is 10.1 Å². The number of carbonyl (C=O) groups is 1. The highest BCUT2D eigenvalue weighted by atomic mass is 32.1. The van der Waals surface area contributed by atoms with E-state index >= 15 is 0 Å². The lowest BCUT2D eigenvalue weighted by molar-refractivity contribution is -0.144. The molecule has 0 N–H and O–H groups in total. The zero-order valence-corrected chi connectivity index (χ0v) is 13.3. The van der Waals surface area contributed by atoms with Gasteiger partial charge in [-0.2, -0.15) is 0 Å². The van der Waals surface area contributed by atoms with Crippen LogP contribution in [0.15, 0.2) is 28.8 Å². The molecule has 0 bridgehead atoms. The molecule has 2 aromatic heterocycles. The van der Waals surface area contributed by atoms with Gasteiger partial charge in [0.15, 0.2) is 0 Å². The number of aryl methyl sites for hydroxylation is 2. The van der Waals surface area contributed by atoms with Crippen molar-refractivity contribution in [1.29, 1.82) is 0 Å². The summed E-state index contributed by atoms with van der Waals surface area (Å²) >= 11 is 1.55. The van der Waals surface area contributed by atoms with Crippen molar-refractivity contribution < 1.29 is 14.1 Å². The number of aromatic nitrogens is 2. The van der Waals surface area contributed by atoms with Gasteiger partial charge in [-0.15, -0.1) is 11.3 Å². The molecule has 0 atom stereocenters. The lowest BCUT2D eigenvalue weighted by Crippen LogP contribution is -2.06. The molecule has 0 unspecified atom stereocenters. The van der Waals surface area contributed by atoms with Crippen molar-refractivity contribution in [2.45, 2.75) is 33.3 Å². The Kier molecular flexibility index (Phi) is 4.20. The van der Waals surface area contributed by atoms with E-state index in [4.69, 9.17) is 9.26 Å². The van der Waals surface area contributed by atoms with Crippen molar-refractivity contribution in [2.75, 3.05) is 0 Å². The molecular weight excluding hydrogens is 300 g/mol. The van der Waals surface area contributed by atoms with Crippen LogP contribution in [0.1, 0.15) is 28.4 Å². The average molecular weight is 316 g/mol.